The Balaban J connectivity index is 0.00000306. The van der Waals surface area contributed by atoms with Crippen molar-refractivity contribution < 1.29 is 17.9 Å². The summed E-state index contributed by atoms with van der Waals surface area (Å²) in [7, 11) is -3.76. The zero-order chi connectivity index (χ0) is 22.7. The average molecular weight is 510 g/mol. The third kappa shape index (κ3) is 6.10. The number of nitrogens with zero attached hydrogens (tertiary/aromatic N) is 3. The summed E-state index contributed by atoms with van der Waals surface area (Å²) < 4.78 is 32.2. The van der Waals surface area contributed by atoms with Gasteiger partial charge in [0.25, 0.3) is 0 Å². The topological polar surface area (TPSA) is 79.8 Å². The van der Waals surface area contributed by atoms with E-state index in [0.29, 0.717) is 31.4 Å². The number of hydrogen-bond acceptors (Lipinski definition) is 7. The Morgan fingerprint density at radius 2 is 1.82 bits per heavy atom. The maximum Gasteiger partial charge on any atom is 0.244 e. The van der Waals surface area contributed by atoms with Crippen molar-refractivity contribution in [2.75, 3.05) is 50.0 Å². The van der Waals surface area contributed by atoms with Gasteiger partial charge in [-0.1, -0.05) is 41.2 Å². The van der Waals surface area contributed by atoms with Crippen LogP contribution in [-0.4, -0.2) is 69.4 Å². The van der Waals surface area contributed by atoms with E-state index in [9.17, 15) is 13.2 Å². The van der Waals surface area contributed by atoms with Crippen LogP contribution in [0.5, 0.6) is 0 Å². The van der Waals surface area contributed by atoms with Gasteiger partial charge in [-0.2, -0.15) is 0 Å². The summed E-state index contributed by atoms with van der Waals surface area (Å²) in [5, 5.41) is 0.534. The normalized spacial score (nSPS) is 14.7. The molecule has 4 rings (SSSR count). The van der Waals surface area contributed by atoms with Crippen LogP contribution in [0.2, 0.25) is 0 Å². The highest BCUT2D eigenvalue weighted by atomic mass is 35.5. The molecule has 0 spiro atoms. The first-order chi connectivity index (χ1) is 15.3. The lowest BCUT2D eigenvalue weighted by Crippen LogP contribution is -2.44. The van der Waals surface area contributed by atoms with E-state index in [1.54, 1.807) is 24.3 Å². The van der Waals surface area contributed by atoms with Crippen molar-refractivity contribution in [2.24, 2.45) is 0 Å². The number of rotatable bonds is 7. The van der Waals surface area contributed by atoms with Crippen LogP contribution in [0, 0.1) is 13.8 Å². The molecule has 10 heteroatoms. The van der Waals surface area contributed by atoms with Gasteiger partial charge in [0.05, 0.1) is 28.3 Å². The number of ether oxygens (including phenoxy) is 1. The molecule has 1 saturated heterocycles. The van der Waals surface area contributed by atoms with Gasteiger partial charge in [0.15, 0.2) is 15.0 Å². The summed E-state index contributed by atoms with van der Waals surface area (Å²) in [6.45, 7) is 7.80. The first-order valence-electron chi connectivity index (χ1n) is 10.6. The number of thiazole rings is 1. The lowest BCUT2D eigenvalue weighted by atomic mass is 10.2. The van der Waals surface area contributed by atoms with Gasteiger partial charge in [-0.3, -0.25) is 14.6 Å². The minimum Gasteiger partial charge on any atom is -0.379 e. The predicted molar refractivity (Wildman–Crippen MR) is 134 cm³/mol. The van der Waals surface area contributed by atoms with Crippen LogP contribution in [0.25, 0.3) is 10.2 Å². The van der Waals surface area contributed by atoms with E-state index in [-0.39, 0.29) is 17.3 Å². The molecule has 1 amide bonds. The van der Waals surface area contributed by atoms with Gasteiger partial charge in [-0.05, 0) is 37.6 Å². The van der Waals surface area contributed by atoms with Crippen LogP contribution in [0.1, 0.15) is 11.1 Å². The van der Waals surface area contributed by atoms with Crippen molar-refractivity contribution in [1.82, 2.24) is 9.88 Å². The highest BCUT2D eigenvalue weighted by molar-refractivity contribution is 7.92. The third-order valence-electron chi connectivity index (χ3n) is 5.58. The fourth-order valence-electron chi connectivity index (χ4n) is 3.65. The lowest BCUT2D eigenvalue weighted by Gasteiger charge is -2.29. The van der Waals surface area contributed by atoms with Crippen LogP contribution < -0.4 is 4.90 Å². The molecule has 0 N–H and O–H groups in total. The lowest BCUT2D eigenvalue weighted by molar-refractivity contribution is -0.116. The number of aromatic nitrogens is 1. The number of amides is 1. The molecule has 2 aromatic carbocycles. The number of morpholine rings is 1. The van der Waals surface area contributed by atoms with Crippen molar-refractivity contribution in [3.05, 3.63) is 53.6 Å². The molecular weight excluding hydrogens is 482 g/mol. The van der Waals surface area contributed by atoms with E-state index in [1.165, 1.54) is 16.2 Å². The first-order valence-corrected chi connectivity index (χ1v) is 13.1. The Bertz CT molecular complexity index is 1210. The van der Waals surface area contributed by atoms with Crippen molar-refractivity contribution in [2.45, 2.75) is 18.7 Å². The van der Waals surface area contributed by atoms with Crippen LogP contribution >= 0.6 is 23.7 Å². The van der Waals surface area contributed by atoms with Crippen molar-refractivity contribution in [1.29, 1.82) is 0 Å². The fourth-order valence-corrected chi connectivity index (χ4v) is 5.94. The summed E-state index contributed by atoms with van der Waals surface area (Å²) in [6.07, 6.45) is 0. The number of benzene rings is 2. The van der Waals surface area contributed by atoms with Gasteiger partial charge in [0, 0.05) is 26.2 Å². The summed E-state index contributed by atoms with van der Waals surface area (Å²) in [5.74, 6) is -1.05. The van der Waals surface area contributed by atoms with E-state index in [1.807, 2.05) is 32.0 Å². The predicted octanol–water partition coefficient (Wildman–Crippen LogP) is 3.47. The van der Waals surface area contributed by atoms with Gasteiger partial charge in [0.2, 0.25) is 5.91 Å². The molecule has 0 aliphatic carbocycles. The number of aryl methyl sites for hydroxylation is 2. The number of para-hydroxylation sites is 1. The van der Waals surface area contributed by atoms with Gasteiger partial charge in [-0.15, -0.1) is 12.4 Å². The zero-order valence-corrected chi connectivity index (χ0v) is 21.1. The largest absolute Gasteiger partial charge is 0.379 e. The summed E-state index contributed by atoms with van der Waals surface area (Å²) in [5.41, 5.74) is 2.84. The Kier molecular flexibility index (Phi) is 8.47. The van der Waals surface area contributed by atoms with Crippen LogP contribution in [-0.2, 0) is 19.4 Å². The molecule has 0 saturated carbocycles. The quantitative estimate of drug-likeness (QED) is 0.485. The monoisotopic (exact) mass is 509 g/mol. The average Bonchev–Trinajstić information content (AvgIpc) is 3.20. The zero-order valence-electron chi connectivity index (χ0n) is 18.7. The number of carbonyl (C=O) groups excluding carboxylic acids is 1. The molecule has 1 aliphatic rings. The van der Waals surface area contributed by atoms with Gasteiger partial charge < -0.3 is 4.74 Å². The highest BCUT2D eigenvalue weighted by Gasteiger charge is 2.27. The van der Waals surface area contributed by atoms with Crippen molar-refractivity contribution in [3.63, 3.8) is 0 Å². The summed E-state index contributed by atoms with van der Waals surface area (Å²) in [4.78, 5) is 21.9. The van der Waals surface area contributed by atoms with E-state index in [0.717, 1.165) is 34.4 Å². The molecule has 1 aliphatic heterocycles. The molecule has 0 bridgehead atoms. The molecule has 178 valence electrons. The van der Waals surface area contributed by atoms with Gasteiger partial charge in [0.1, 0.15) is 5.75 Å². The Morgan fingerprint density at radius 3 is 2.48 bits per heavy atom. The SMILES string of the molecule is Cc1ccc(S(=O)(=O)CC(=O)N(CCN2CCOCC2)c2nc3c(C)cccc3s2)cc1.Cl. The summed E-state index contributed by atoms with van der Waals surface area (Å²) in [6, 6.07) is 12.5. The molecule has 0 unspecified atom stereocenters. The second-order valence-electron chi connectivity index (χ2n) is 7.99. The molecule has 0 atom stereocenters. The fraction of sp³-hybridized carbons (Fsp3) is 0.391. The Morgan fingerprint density at radius 1 is 1.12 bits per heavy atom. The van der Waals surface area contributed by atoms with Gasteiger partial charge in [-0.25, -0.2) is 13.4 Å². The van der Waals surface area contributed by atoms with E-state index < -0.39 is 21.5 Å². The van der Waals surface area contributed by atoms with E-state index >= 15 is 0 Å². The van der Waals surface area contributed by atoms with Crippen LogP contribution in [0.4, 0.5) is 5.13 Å². The molecule has 7 nitrogen and oxygen atoms in total. The maximum atomic E-state index is 13.3. The summed E-state index contributed by atoms with van der Waals surface area (Å²) >= 11 is 1.41. The molecule has 2 heterocycles. The van der Waals surface area contributed by atoms with E-state index in [4.69, 9.17) is 9.72 Å². The number of anilines is 1. The molecule has 1 aromatic heterocycles. The number of hydrogen-bond donors (Lipinski definition) is 0. The standard InChI is InChI=1S/C23H27N3O4S2.ClH/c1-17-6-8-19(9-7-17)32(28,29)16-21(27)26(11-10-25-12-14-30-15-13-25)23-24-22-18(2)4-3-5-20(22)31-23;/h3-9H,10-16H2,1-2H3;1H. The molecule has 33 heavy (non-hydrogen) atoms. The van der Waals surface area contributed by atoms with Crippen molar-refractivity contribution in [3.8, 4) is 0 Å². The van der Waals surface area contributed by atoms with Gasteiger partial charge >= 0.3 is 0 Å². The maximum absolute atomic E-state index is 13.3. The second-order valence-corrected chi connectivity index (χ2v) is 11.0. The molecule has 1 fully saturated rings. The van der Waals surface area contributed by atoms with Crippen LogP contribution in [0.3, 0.4) is 0 Å². The molecular formula is C23H28ClN3O4S2. The van der Waals surface area contributed by atoms with E-state index in [2.05, 4.69) is 4.90 Å². The van der Waals surface area contributed by atoms with Crippen molar-refractivity contribution >= 4 is 54.8 Å². The molecule has 3 aromatic rings. The number of fused-ring (bicyclic) bond motifs is 1. The second kappa shape index (κ2) is 10.9. The minimum absolute atomic E-state index is 0. The highest BCUT2D eigenvalue weighted by Crippen LogP contribution is 2.31. The van der Waals surface area contributed by atoms with Crippen LogP contribution in [0.15, 0.2) is 47.4 Å². The smallest absolute Gasteiger partial charge is 0.244 e. The Labute approximate surface area is 204 Å². The number of halogens is 1. The molecule has 0 radical (unpaired) electrons. The number of sulfone groups is 1. The minimum atomic E-state index is -3.76. The Hall–Kier alpha value is -2.04. The first kappa shape index (κ1) is 25.6. The number of carbonyl (C=O) groups is 1. The third-order valence-corrected chi connectivity index (χ3v) is 8.24.